The third-order valence-electron chi connectivity index (χ3n) is 2.94. The van der Waals surface area contributed by atoms with Crippen LogP contribution < -0.4 is 0 Å². The Balaban J connectivity index is 2.33. The summed E-state index contributed by atoms with van der Waals surface area (Å²) in [6, 6.07) is 16.2. The molecule has 22 heavy (non-hydrogen) atoms. The van der Waals surface area contributed by atoms with Crippen LogP contribution in [0, 0.1) is 11.6 Å². The predicted octanol–water partition coefficient (Wildman–Crippen LogP) is 4.76. The zero-order valence-corrected chi connectivity index (χ0v) is 14.5. The number of aliphatic hydroxyl groups excluding tert-OH is 1. The summed E-state index contributed by atoms with van der Waals surface area (Å²) in [6.07, 6.45) is 0. The summed E-state index contributed by atoms with van der Waals surface area (Å²) in [6.45, 7) is 1.94. The van der Waals surface area contributed by atoms with Gasteiger partial charge >= 0.3 is 7.37 Å². The molecule has 0 radical (unpaired) electrons. The molecule has 0 saturated heterocycles. The van der Waals surface area contributed by atoms with Gasteiger partial charge in [-0.2, -0.15) is 0 Å². The van der Waals surface area contributed by atoms with Crippen molar-refractivity contribution in [2.75, 3.05) is 6.61 Å². The summed E-state index contributed by atoms with van der Waals surface area (Å²) in [5, 5.41) is 10.4. The smallest absolute Gasteiger partial charge is 0.306 e. The standard InChI is InChI=1S/C17H16BrO3P/c1-2-21-22(20,13-12-14-6-4-3-5-7-14)17(19)15-8-10-16(18)11-9-15/h3-11,17,19H,2H2,1H3/t17-,22+/m0/s1. The van der Waals surface area contributed by atoms with Gasteiger partial charge < -0.3 is 9.63 Å². The van der Waals surface area contributed by atoms with Crippen LogP contribution in [-0.2, 0) is 9.09 Å². The highest BCUT2D eigenvalue weighted by molar-refractivity contribution is 9.10. The van der Waals surface area contributed by atoms with Crippen LogP contribution in [0.2, 0.25) is 0 Å². The number of hydrogen-bond acceptors (Lipinski definition) is 3. The highest BCUT2D eigenvalue weighted by atomic mass is 79.9. The van der Waals surface area contributed by atoms with Gasteiger partial charge in [-0.1, -0.05) is 52.2 Å². The molecule has 0 bridgehead atoms. The van der Waals surface area contributed by atoms with Crippen molar-refractivity contribution in [3.63, 3.8) is 0 Å². The maximum absolute atomic E-state index is 12.9. The topological polar surface area (TPSA) is 46.5 Å². The lowest BCUT2D eigenvalue weighted by Gasteiger charge is -2.18. The van der Waals surface area contributed by atoms with E-state index in [1.807, 2.05) is 30.3 Å². The van der Waals surface area contributed by atoms with E-state index in [9.17, 15) is 9.67 Å². The second-order valence-electron chi connectivity index (χ2n) is 4.54. The summed E-state index contributed by atoms with van der Waals surface area (Å²) in [4.78, 5) is 0. The highest BCUT2D eigenvalue weighted by Gasteiger charge is 2.32. The van der Waals surface area contributed by atoms with Gasteiger partial charge in [0, 0.05) is 10.0 Å². The van der Waals surface area contributed by atoms with E-state index in [4.69, 9.17) is 4.52 Å². The van der Waals surface area contributed by atoms with Gasteiger partial charge in [-0.15, -0.1) is 0 Å². The molecule has 0 aliphatic rings. The van der Waals surface area contributed by atoms with E-state index in [0.717, 1.165) is 10.0 Å². The number of benzene rings is 2. The first kappa shape index (κ1) is 17.0. The first-order valence-corrected chi connectivity index (χ1v) is 9.30. The fourth-order valence-corrected chi connectivity index (χ4v) is 3.68. The first-order valence-electron chi connectivity index (χ1n) is 6.81. The van der Waals surface area contributed by atoms with Gasteiger partial charge in [-0.25, -0.2) is 0 Å². The number of halogens is 1. The molecule has 0 fully saturated rings. The molecule has 0 aliphatic heterocycles. The molecule has 3 nitrogen and oxygen atoms in total. The van der Waals surface area contributed by atoms with Crippen molar-refractivity contribution < 1.29 is 14.2 Å². The molecule has 0 saturated carbocycles. The third kappa shape index (κ3) is 4.32. The van der Waals surface area contributed by atoms with E-state index < -0.39 is 13.2 Å². The Kier molecular flexibility index (Phi) is 5.99. The van der Waals surface area contributed by atoms with Gasteiger partial charge in [-0.05, 0) is 42.4 Å². The molecule has 2 aromatic carbocycles. The summed E-state index contributed by atoms with van der Waals surface area (Å²) in [5.41, 5.74) is 3.89. The molecular weight excluding hydrogens is 363 g/mol. The Labute approximate surface area is 138 Å². The van der Waals surface area contributed by atoms with E-state index in [0.29, 0.717) is 5.56 Å². The minimum absolute atomic E-state index is 0.217. The molecule has 0 unspecified atom stereocenters. The van der Waals surface area contributed by atoms with Crippen LogP contribution in [0.3, 0.4) is 0 Å². The maximum Gasteiger partial charge on any atom is 0.306 e. The average molecular weight is 379 g/mol. The second kappa shape index (κ2) is 7.76. The van der Waals surface area contributed by atoms with Crippen molar-refractivity contribution in [1.29, 1.82) is 0 Å². The van der Waals surface area contributed by atoms with Crippen molar-refractivity contribution in [3.8, 4) is 11.6 Å². The van der Waals surface area contributed by atoms with Gasteiger partial charge in [0.2, 0.25) is 0 Å². The van der Waals surface area contributed by atoms with Crippen LogP contribution in [0.25, 0.3) is 0 Å². The van der Waals surface area contributed by atoms with Crippen molar-refractivity contribution >= 4 is 23.3 Å². The van der Waals surface area contributed by atoms with Gasteiger partial charge in [0.05, 0.1) is 6.61 Å². The number of aliphatic hydroxyl groups is 1. The molecule has 0 aromatic heterocycles. The Morgan fingerprint density at radius 3 is 2.41 bits per heavy atom. The summed E-state index contributed by atoms with van der Waals surface area (Å²) in [5.74, 6) is 1.56. The molecule has 2 aromatic rings. The highest BCUT2D eigenvalue weighted by Crippen LogP contribution is 2.57. The predicted molar refractivity (Wildman–Crippen MR) is 91.7 cm³/mol. The molecule has 0 heterocycles. The fraction of sp³-hybridized carbons (Fsp3) is 0.176. The second-order valence-corrected chi connectivity index (χ2v) is 7.62. The molecule has 5 heteroatoms. The Morgan fingerprint density at radius 1 is 1.18 bits per heavy atom. The SMILES string of the molecule is CCO[P@](=O)(C#Cc1ccccc1)[C@H](O)c1ccc(Br)cc1. The zero-order chi connectivity index (χ0) is 16.0. The monoisotopic (exact) mass is 378 g/mol. The molecule has 114 valence electrons. The molecule has 0 spiro atoms. The van der Waals surface area contributed by atoms with Crippen LogP contribution in [0.4, 0.5) is 0 Å². The van der Waals surface area contributed by atoms with Crippen LogP contribution in [0.5, 0.6) is 0 Å². The number of rotatable bonds is 4. The van der Waals surface area contributed by atoms with Crippen LogP contribution in [-0.4, -0.2) is 11.7 Å². The normalized spacial score (nSPS) is 14.5. The van der Waals surface area contributed by atoms with Crippen LogP contribution in [0.15, 0.2) is 59.1 Å². The molecule has 2 atom stereocenters. The van der Waals surface area contributed by atoms with Gasteiger partial charge in [0.25, 0.3) is 0 Å². The third-order valence-corrected chi connectivity index (χ3v) is 5.48. The lowest BCUT2D eigenvalue weighted by Crippen LogP contribution is -2.01. The molecule has 0 amide bonds. The molecule has 1 N–H and O–H groups in total. The van der Waals surface area contributed by atoms with Crippen molar-refractivity contribution in [2.45, 2.75) is 12.8 Å². The lowest BCUT2D eigenvalue weighted by atomic mass is 10.2. The molecule has 0 aliphatic carbocycles. The van der Waals surface area contributed by atoms with E-state index in [1.54, 1.807) is 31.2 Å². The van der Waals surface area contributed by atoms with Gasteiger partial charge in [0.1, 0.15) is 0 Å². The summed E-state index contributed by atoms with van der Waals surface area (Å²) in [7, 11) is -3.53. The Bertz CT molecular complexity index is 717. The fourth-order valence-electron chi connectivity index (χ4n) is 1.85. The Morgan fingerprint density at radius 2 is 1.82 bits per heavy atom. The van der Waals surface area contributed by atoms with Crippen LogP contribution >= 0.6 is 23.3 Å². The van der Waals surface area contributed by atoms with E-state index in [2.05, 4.69) is 27.5 Å². The minimum atomic E-state index is -3.53. The van der Waals surface area contributed by atoms with E-state index >= 15 is 0 Å². The zero-order valence-electron chi connectivity index (χ0n) is 12.1. The summed E-state index contributed by atoms with van der Waals surface area (Å²) < 4.78 is 19.1. The van der Waals surface area contributed by atoms with E-state index in [-0.39, 0.29) is 6.61 Å². The van der Waals surface area contributed by atoms with Crippen LogP contribution in [0.1, 0.15) is 23.9 Å². The van der Waals surface area contributed by atoms with Gasteiger partial charge in [0.15, 0.2) is 5.85 Å². The quantitative estimate of drug-likeness (QED) is 0.615. The summed E-state index contributed by atoms with van der Waals surface area (Å²) >= 11 is 3.33. The lowest BCUT2D eigenvalue weighted by molar-refractivity contribution is 0.219. The van der Waals surface area contributed by atoms with Gasteiger partial charge in [-0.3, -0.25) is 4.57 Å². The minimum Gasteiger partial charge on any atom is -0.377 e. The van der Waals surface area contributed by atoms with E-state index in [1.165, 1.54) is 0 Å². The Hall–Kier alpha value is -1.37. The first-order chi connectivity index (χ1) is 10.5. The van der Waals surface area contributed by atoms with Crippen molar-refractivity contribution in [2.24, 2.45) is 0 Å². The van der Waals surface area contributed by atoms with Crippen molar-refractivity contribution in [3.05, 3.63) is 70.2 Å². The molecular formula is C17H16BrO3P. The van der Waals surface area contributed by atoms with Crippen molar-refractivity contribution in [1.82, 2.24) is 0 Å². The number of hydrogen-bond donors (Lipinski definition) is 1. The average Bonchev–Trinajstić information content (AvgIpc) is 2.54. The largest absolute Gasteiger partial charge is 0.377 e. The maximum atomic E-state index is 12.9. The molecule has 2 rings (SSSR count).